The van der Waals surface area contributed by atoms with Gasteiger partial charge in [-0.25, -0.2) is 18.5 Å². The molecule has 15 heteroatoms. The molecular weight excluding hydrogens is 621 g/mol. The number of carbonyl (C=O) groups is 3. The molecular formula is C27H22N4O7S4. The second kappa shape index (κ2) is 10.8. The van der Waals surface area contributed by atoms with Gasteiger partial charge in [0.1, 0.15) is 17.5 Å². The molecule has 0 saturated carbocycles. The number of benzene rings is 2. The fourth-order valence-corrected chi connectivity index (χ4v) is 9.32. The van der Waals surface area contributed by atoms with Crippen molar-refractivity contribution in [1.29, 1.82) is 0 Å². The van der Waals surface area contributed by atoms with Crippen LogP contribution in [0, 0.1) is 5.92 Å². The first-order chi connectivity index (χ1) is 20.1. The Morgan fingerprint density at radius 3 is 2.36 bits per heavy atom. The van der Waals surface area contributed by atoms with Gasteiger partial charge in [0.15, 0.2) is 0 Å². The Labute approximate surface area is 252 Å². The minimum absolute atomic E-state index is 0.103. The van der Waals surface area contributed by atoms with Gasteiger partial charge in [-0.15, -0.1) is 11.3 Å². The highest BCUT2D eigenvalue weighted by molar-refractivity contribution is 8.00. The van der Waals surface area contributed by atoms with Crippen LogP contribution in [0.5, 0.6) is 5.75 Å². The van der Waals surface area contributed by atoms with E-state index in [0.717, 1.165) is 28.0 Å². The summed E-state index contributed by atoms with van der Waals surface area (Å²) in [6.45, 7) is -0.340. The van der Waals surface area contributed by atoms with Gasteiger partial charge in [-0.1, -0.05) is 29.2 Å². The number of fused-ring (bicyclic) bond motifs is 2. The molecule has 2 aromatic carbocycles. The smallest absolute Gasteiger partial charge is 0.308 e. The molecule has 2 aliphatic rings. The second-order valence-corrected chi connectivity index (χ2v) is 14.2. The number of methoxy groups -OCH3 is 1. The Bertz CT molecular complexity index is 1860. The summed E-state index contributed by atoms with van der Waals surface area (Å²) in [6.07, 6.45) is 0. The van der Waals surface area contributed by atoms with Crippen molar-refractivity contribution >= 4 is 73.6 Å². The second-order valence-electron chi connectivity index (χ2n) is 9.51. The summed E-state index contributed by atoms with van der Waals surface area (Å²) in [7, 11) is -2.36. The zero-order chi connectivity index (χ0) is 29.8. The van der Waals surface area contributed by atoms with Crippen LogP contribution in [0.4, 0.5) is 11.4 Å². The van der Waals surface area contributed by atoms with Crippen LogP contribution in [0.1, 0.15) is 15.7 Å². The first-order valence-electron chi connectivity index (χ1n) is 12.4. The number of nitrogens with zero attached hydrogens (tertiary/aromatic N) is 2. The number of thioether (sulfide) groups is 1. The molecule has 3 atom stereocenters. The van der Waals surface area contributed by atoms with Crippen molar-refractivity contribution in [2.24, 2.45) is 11.1 Å². The third-order valence-corrected chi connectivity index (χ3v) is 11.5. The fraction of sp³-hybridized carbons (Fsp3) is 0.185. The number of nitrogens with two attached hydrogens (primary N) is 1. The highest BCUT2D eigenvalue weighted by Gasteiger charge is 2.57. The van der Waals surface area contributed by atoms with Gasteiger partial charge in [-0.2, -0.15) is 0 Å². The fourth-order valence-electron chi connectivity index (χ4n) is 5.09. The third kappa shape index (κ3) is 4.96. The van der Waals surface area contributed by atoms with Gasteiger partial charge >= 0.3 is 4.87 Å². The number of thiophene rings is 1. The molecule has 216 valence electrons. The van der Waals surface area contributed by atoms with Gasteiger partial charge in [0.25, 0.3) is 0 Å². The molecule has 3 amide bonds. The Morgan fingerprint density at radius 2 is 1.74 bits per heavy atom. The molecule has 4 aromatic rings. The lowest BCUT2D eigenvalue weighted by molar-refractivity contribution is -0.122. The van der Waals surface area contributed by atoms with E-state index in [-0.39, 0.29) is 22.2 Å². The lowest BCUT2D eigenvalue weighted by atomic mass is 9.87. The normalized spacial score (nSPS) is 19.9. The molecule has 0 radical (unpaired) electrons. The van der Waals surface area contributed by atoms with Gasteiger partial charge in [0, 0.05) is 21.4 Å². The van der Waals surface area contributed by atoms with E-state index in [0.29, 0.717) is 27.0 Å². The predicted octanol–water partition coefficient (Wildman–Crippen LogP) is 3.06. The Balaban J connectivity index is 1.33. The summed E-state index contributed by atoms with van der Waals surface area (Å²) < 4.78 is 29.6. The molecule has 3 unspecified atom stereocenters. The molecule has 1 fully saturated rings. The lowest BCUT2D eigenvalue weighted by Crippen LogP contribution is -2.32. The van der Waals surface area contributed by atoms with E-state index in [9.17, 15) is 27.6 Å². The van der Waals surface area contributed by atoms with E-state index in [4.69, 9.17) is 9.88 Å². The van der Waals surface area contributed by atoms with Crippen molar-refractivity contribution in [2.75, 3.05) is 17.3 Å². The van der Waals surface area contributed by atoms with Crippen molar-refractivity contribution in [2.45, 2.75) is 27.6 Å². The summed E-state index contributed by atoms with van der Waals surface area (Å²) in [5.74, 6) is -1.93. The molecule has 2 aromatic heterocycles. The maximum Gasteiger partial charge on any atom is 0.308 e. The van der Waals surface area contributed by atoms with E-state index in [2.05, 4.69) is 5.32 Å². The van der Waals surface area contributed by atoms with Crippen molar-refractivity contribution in [3.8, 4) is 5.75 Å². The van der Waals surface area contributed by atoms with Crippen LogP contribution in [0.25, 0.3) is 0 Å². The zero-order valence-corrected chi connectivity index (χ0v) is 25.0. The van der Waals surface area contributed by atoms with Crippen LogP contribution in [0.2, 0.25) is 0 Å². The standard InChI is InChI=1S/C27H22N4O7S4/c1-38-16-8-6-15(7-9-16)31-24(33)21-20(18-3-2-12-39-18)23-26(40-22(21)25(31)34)30(27(35)41-23)13-19(32)29-14-4-10-17(11-5-14)42(28,36)37/h2-12,20-22H,13H2,1H3,(H,29,32)(H2,28,36,37). The van der Waals surface area contributed by atoms with Gasteiger partial charge in [-0.3, -0.25) is 23.7 Å². The topological polar surface area (TPSA) is 158 Å². The van der Waals surface area contributed by atoms with Crippen molar-refractivity contribution < 1.29 is 27.5 Å². The van der Waals surface area contributed by atoms with Gasteiger partial charge in [0.05, 0.1) is 28.6 Å². The van der Waals surface area contributed by atoms with E-state index in [1.54, 1.807) is 24.3 Å². The molecule has 4 heterocycles. The molecule has 1 saturated heterocycles. The molecule has 3 N–H and O–H groups in total. The molecule has 11 nitrogen and oxygen atoms in total. The summed E-state index contributed by atoms with van der Waals surface area (Å²) >= 11 is 3.53. The average molecular weight is 643 g/mol. The van der Waals surface area contributed by atoms with E-state index < -0.39 is 38.9 Å². The number of ether oxygens (including phenoxy) is 1. The number of thiazole rings is 1. The Morgan fingerprint density at radius 1 is 1.02 bits per heavy atom. The van der Waals surface area contributed by atoms with Gasteiger partial charge in [-0.05, 0) is 60.0 Å². The molecule has 0 spiro atoms. The van der Waals surface area contributed by atoms with Crippen LogP contribution in [0.15, 0.2) is 80.8 Å². The number of rotatable bonds is 7. The summed E-state index contributed by atoms with van der Waals surface area (Å²) in [6, 6.07) is 15.7. The number of imide groups is 1. The number of aromatic nitrogens is 1. The lowest BCUT2D eigenvalue weighted by Gasteiger charge is -2.29. The number of anilines is 2. The molecule has 2 aliphatic heterocycles. The first-order valence-corrected chi connectivity index (χ1v) is 16.6. The minimum Gasteiger partial charge on any atom is -0.497 e. The quantitative estimate of drug-likeness (QED) is 0.291. The van der Waals surface area contributed by atoms with Crippen LogP contribution in [0.3, 0.4) is 0 Å². The SMILES string of the molecule is COc1ccc(N2C(=O)C3Sc4c(sc(=O)n4CC(=O)Nc4ccc(S(N)(=O)=O)cc4)C(c4cccs4)C3C2=O)cc1. The average Bonchev–Trinajstić information content (AvgIpc) is 3.66. The van der Waals surface area contributed by atoms with Crippen LogP contribution >= 0.6 is 34.4 Å². The van der Waals surface area contributed by atoms with Gasteiger partial charge < -0.3 is 10.1 Å². The largest absolute Gasteiger partial charge is 0.497 e. The third-order valence-electron chi connectivity index (χ3n) is 7.00. The highest BCUT2D eigenvalue weighted by Crippen LogP contribution is 2.54. The minimum atomic E-state index is -3.89. The predicted molar refractivity (Wildman–Crippen MR) is 160 cm³/mol. The highest BCUT2D eigenvalue weighted by atomic mass is 32.2. The van der Waals surface area contributed by atoms with Crippen molar-refractivity contribution in [1.82, 2.24) is 4.57 Å². The van der Waals surface area contributed by atoms with E-state index in [1.807, 2.05) is 17.5 Å². The zero-order valence-electron chi connectivity index (χ0n) is 21.8. The monoisotopic (exact) mass is 642 g/mol. The summed E-state index contributed by atoms with van der Waals surface area (Å²) in [5, 5.41) is 9.34. The number of hydrogen-bond donors (Lipinski definition) is 2. The maximum atomic E-state index is 13.9. The summed E-state index contributed by atoms with van der Waals surface area (Å²) in [4.78, 5) is 56.0. The van der Waals surface area contributed by atoms with Crippen LogP contribution < -0.4 is 25.0 Å². The summed E-state index contributed by atoms with van der Waals surface area (Å²) in [5.41, 5.74) is 0.750. The molecule has 6 rings (SSSR count). The van der Waals surface area contributed by atoms with Crippen LogP contribution in [-0.4, -0.2) is 43.1 Å². The molecule has 0 bridgehead atoms. The van der Waals surface area contributed by atoms with E-state index in [1.165, 1.54) is 52.2 Å². The number of primary sulfonamides is 1. The number of nitrogens with one attached hydrogen (secondary N) is 1. The van der Waals surface area contributed by atoms with Crippen molar-refractivity contribution in [3.05, 3.63) is 85.5 Å². The first kappa shape index (κ1) is 28.4. The van der Waals surface area contributed by atoms with Crippen molar-refractivity contribution in [3.63, 3.8) is 0 Å². The van der Waals surface area contributed by atoms with Gasteiger partial charge in [0.2, 0.25) is 27.7 Å². The number of carbonyl (C=O) groups excluding carboxylic acids is 3. The number of sulfonamides is 1. The number of hydrogen-bond acceptors (Lipinski definition) is 10. The maximum absolute atomic E-state index is 13.9. The van der Waals surface area contributed by atoms with E-state index >= 15 is 0 Å². The Hall–Kier alpha value is -3.76. The van der Waals surface area contributed by atoms with Crippen LogP contribution in [-0.2, 0) is 31.0 Å². The molecule has 0 aliphatic carbocycles. The molecule has 42 heavy (non-hydrogen) atoms. The Kier molecular flexibility index (Phi) is 7.31. The number of amides is 3.